The SMILES string of the molecule is CC(C)[Si](O/C=C/[C@@H]1N2C(=O)C[C@H]2S(=O)(=O)C1(C)C)(C(C)C)C(C)C. The van der Waals surface area contributed by atoms with Crippen LogP contribution >= 0.6 is 0 Å². The highest BCUT2D eigenvalue weighted by Crippen LogP contribution is 2.47. The van der Waals surface area contributed by atoms with Crippen LogP contribution in [-0.4, -0.2) is 43.7 Å². The maximum Gasteiger partial charge on any atom is 0.257 e. The van der Waals surface area contributed by atoms with Gasteiger partial charge in [-0.15, -0.1) is 0 Å². The lowest BCUT2D eigenvalue weighted by Crippen LogP contribution is -2.53. The van der Waals surface area contributed by atoms with E-state index in [0.29, 0.717) is 16.6 Å². The molecule has 0 radical (unpaired) electrons. The highest BCUT2D eigenvalue weighted by atomic mass is 32.2. The molecule has 2 aliphatic heterocycles. The number of rotatable bonds is 6. The second kappa shape index (κ2) is 6.41. The average Bonchev–Trinajstić information content (AvgIpc) is 2.56. The van der Waals surface area contributed by atoms with Gasteiger partial charge in [-0.05, 0) is 36.5 Å². The van der Waals surface area contributed by atoms with Crippen molar-refractivity contribution in [2.24, 2.45) is 0 Å². The molecule has 0 bridgehead atoms. The first-order valence-electron chi connectivity index (χ1n) is 9.20. The fraction of sp³-hybridized carbons (Fsp3) is 0.833. The number of β-lactam (4-membered cyclic amide) rings is 1. The Morgan fingerprint density at radius 1 is 1.12 bits per heavy atom. The molecule has 0 aromatic carbocycles. The van der Waals surface area contributed by atoms with Crippen molar-refractivity contribution in [1.29, 1.82) is 0 Å². The van der Waals surface area contributed by atoms with Crippen LogP contribution in [0.15, 0.2) is 12.3 Å². The maximum absolute atomic E-state index is 12.7. The predicted molar refractivity (Wildman–Crippen MR) is 103 cm³/mol. The van der Waals surface area contributed by atoms with Crippen molar-refractivity contribution < 1.29 is 17.6 Å². The van der Waals surface area contributed by atoms with Crippen LogP contribution in [0.25, 0.3) is 0 Å². The van der Waals surface area contributed by atoms with E-state index in [1.165, 1.54) is 4.90 Å². The summed E-state index contributed by atoms with van der Waals surface area (Å²) in [5.74, 6) is -0.0890. The number of fused-ring (bicyclic) bond motifs is 1. The van der Waals surface area contributed by atoms with Gasteiger partial charge in [0.1, 0.15) is 5.37 Å². The third kappa shape index (κ3) is 2.78. The van der Waals surface area contributed by atoms with Crippen LogP contribution in [0.2, 0.25) is 16.6 Å². The Morgan fingerprint density at radius 3 is 2.00 bits per heavy atom. The summed E-state index contributed by atoms with van der Waals surface area (Å²) in [6, 6.07) is -0.457. The molecule has 7 heteroatoms. The summed E-state index contributed by atoms with van der Waals surface area (Å²) in [7, 11) is -5.41. The van der Waals surface area contributed by atoms with Crippen molar-refractivity contribution in [3.05, 3.63) is 12.3 Å². The molecule has 0 aliphatic carbocycles. The van der Waals surface area contributed by atoms with Gasteiger partial charge in [-0.3, -0.25) is 4.79 Å². The lowest BCUT2D eigenvalue weighted by atomic mass is 9.98. The van der Waals surface area contributed by atoms with E-state index in [4.69, 9.17) is 4.43 Å². The number of amides is 1. The molecule has 0 aromatic heterocycles. The Kier molecular flexibility index (Phi) is 5.25. The summed E-state index contributed by atoms with van der Waals surface area (Å²) in [5, 5.41) is -0.660. The smallest absolute Gasteiger partial charge is 0.257 e. The van der Waals surface area contributed by atoms with Gasteiger partial charge < -0.3 is 9.33 Å². The van der Waals surface area contributed by atoms with Gasteiger partial charge in [0.25, 0.3) is 8.32 Å². The molecular weight excluding hydrogens is 354 g/mol. The highest BCUT2D eigenvalue weighted by Gasteiger charge is 2.64. The molecule has 2 atom stereocenters. The standard InChI is InChI=1S/C18H33NO4SSi/c1-12(2)25(13(3)4,14(5)6)23-10-9-15-18(7,8)24(21,22)17-11-16(20)19(15)17/h9-10,12-15,17H,11H2,1-8H3/b10-9+/t15-,17+/m0/s1. The van der Waals surface area contributed by atoms with Gasteiger partial charge >= 0.3 is 0 Å². The lowest BCUT2D eigenvalue weighted by Gasteiger charge is -2.41. The van der Waals surface area contributed by atoms with Crippen molar-refractivity contribution in [3.63, 3.8) is 0 Å². The molecule has 0 saturated carbocycles. The molecule has 2 saturated heterocycles. The molecular formula is C18H33NO4SSi. The third-order valence-corrected chi connectivity index (χ3v) is 15.1. The van der Waals surface area contributed by atoms with Gasteiger partial charge in [-0.1, -0.05) is 41.5 Å². The van der Waals surface area contributed by atoms with Crippen molar-refractivity contribution in [3.8, 4) is 0 Å². The molecule has 1 amide bonds. The van der Waals surface area contributed by atoms with Crippen LogP contribution in [0, 0.1) is 0 Å². The van der Waals surface area contributed by atoms with Crippen LogP contribution in [-0.2, 0) is 19.1 Å². The van der Waals surface area contributed by atoms with Gasteiger partial charge in [-0.2, -0.15) is 0 Å². The van der Waals surface area contributed by atoms with Crippen LogP contribution in [0.1, 0.15) is 61.8 Å². The normalized spacial score (nSPS) is 28.1. The summed E-state index contributed by atoms with van der Waals surface area (Å²) < 4.78 is 30.7. The van der Waals surface area contributed by atoms with E-state index < -0.39 is 34.3 Å². The topological polar surface area (TPSA) is 63.7 Å². The Morgan fingerprint density at radius 2 is 1.60 bits per heavy atom. The molecule has 0 unspecified atom stereocenters. The fourth-order valence-corrected chi connectivity index (χ4v) is 12.1. The molecule has 0 spiro atoms. The van der Waals surface area contributed by atoms with E-state index in [1.54, 1.807) is 26.2 Å². The predicted octanol–water partition coefficient (Wildman–Crippen LogP) is 3.83. The Labute approximate surface area is 153 Å². The highest BCUT2D eigenvalue weighted by molar-refractivity contribution is 7.93. The van der Waals surface area contributed by atoms with Gasteiger partial charge in [0, 0.05) is 0 Å². The first-order chi connectivity index (χ1) is 11.3. The number of hydrogen-bond acceptors (Lipinski definition) is 4. The van der Waals surface area contributed by atoms with Crippen molar-refractivity contribution >= 4 is 24.1 Å². The first kappa shape index (κ1) is 20.5. The van der Waals surface area contributed by atoms with Crippen molar-refractivity contribution in [2.45, 2.75) is 94.6 Å². The second-order valence-electron chi connectivity index (χ2n) is 8.82. The average molecular weight is 388 g/mol. The van der Waals surface area contributed by atoms with E-state index in [9.17, 15) is 13.2 Å². The summed E-state index contributed by atoms with van der Waals surface area (Å²) >= 11 is 0. The van der Waals surface area contributed by atoms with Crippen LogP contribution < -0.4 is 0 Å². The molecule has 0 aromatic rings. The Bertz CT molecular complexity index is 645. The summed E-state index contributed by atoms with van der Waals surface area (Å²) in [5.41, 5.74) is 1.32. The molecule has 2 fully saturated rings. The van der Waals surface area contributed by atoms with E-state index in [-0.39, 0.29) is 12.3 Å². The number of hydrogen-bond donors (Lipinski definition) is 0. The monoisotopic (exact) mass is 387 g/mol. The lowest BCUT2D eigenvalue weighted by molar-refractivity contribution is -0.143. The van der Waals surface area contributed by atoms with Crippen LogP contribution in [0.4, 0.5) is 0 Å². The Balaban J connectivity index is 2.30. The van der Waals surface area contributed by atoms with Crippen LogP contribution in [0.3, 0.4) is 0 Å². The van der Waals surface area contributed by atoms with Crippen molar-refractivity contribution in [2.75, 3.05) is 0 Å². The van der Waals surface area contributed by atoms with E-state index in [1.807, 2.05) is 0 Å². The first-order valence-corrected chi connectivity index (χ1v) is 12.9. The maximum atomic E-state index is 12.7. The van der Waals surface area contributed by atoms with Crippen molar-refractivity contribution in [1.82, 2.24) is 4.90 Å². The number of carbonyl (C=O) groups excluding carboxylic acids is 1. The van der Waals surface area contributed by atoms with E-state index in [0.717, 1.165) is 0 Å². The van der Waals surface area contributed by atoms with Gasteiger partial charge in [0.05, 0.1) is 23.5 Å². The van der Waals surface area contributed by atoms with Crippen LogP contribution in [0.5, 0.6) is 0 Å². The minimum Gasteiger partial charge on any atom is -0.548 e. The summed E-state index contributed by atoms with van der Waals surface area (Å²) in [6.45, 7) is 16.7. The zero-order valence-electron chi connectivity index (χ0n) is 16.7. The number of nitrogens with zero attached hydrogens (tertiary/aromatic N) is 1. The molecule has 2 heterocycles. The zero-order valence-corrected chi connectivity index (χ0v) is 18.6. The fourth-order valence-electron chi connectivity index (χ4n) is 4.81. The van der Waals surface area contributed by atoms with Gasteiger partial charge in [0.15, 0.2) is 9.84 Å². The Hall–Kier alpha value is -0.823. The summed E-state index contributed by atoms with van der Waals surface area (Å²) in [6.07, 6.45) is 3.60. The molecule has 2 rings (SSSR count). The third-order valence-electron chi connectivity index (χ3n) is 6.29. The van der Waals surface area contributed by atoms with Gasteiger partial charge in [0.2, 0.25) is 5.91 Å². The second-order valence-corrected chi connectivity index (χ2v) is 16.9. The zero-order chi connectivity index (χ0) is 19.4. The molecule has 2 aliphatic rings. The number of carbonyl (C=O) groups is 1. The molecule has 25 heavy (non-hydrogen) atoms. The van der Waals surface area contributed by atoms with E-state index in [2.05, 4.69) is 41.5 Å². The largest absolute Gasteiger partial charge is 0.548 e. The summed E-state index contributed by atoms with van der Waals surface area (Å²) in [4.78, 5) is 13.5. The number of sulfone groups is 1. The molecule has 5 nitrogen and oxygen atoms in total. The van der Waals surface area contributed by atoms with Gasteiger partial charge in [-0.25, -0.2) is 8.42 Å². The minimum absolute atomic E-state index is 0.0890. The molecule has 144 valence electrons. The van der Waals surface area contributed by atoms with E-state index >= 15 is 0 Å². The quantitative estimate of drug-likeness (QED) is 0.395. The molecule has 0 N–H and O–H groups in total. The minimum atomic E-state index is -3.35.